The summed E-state index contributed by atoms with van der Waals surface area (Å²) in [6.45, 7) is 5.11. The van der Waals surface area contributed by atoms with Crippen LogP contribution in [0.25, 0.3) is 0 Å². The summed E-state index contributed by atoms with van der Waals surface area (Å²) >= 11 is 0. The van der Waals surface area contributed by atoms with Crippen LogP contribution in [-0.2, 0) is 0 Å². The van der Waals surface area contributed by atoms with Crippen LogP contribution in [0.15, 0.2) is 0 Å². The lowest BCUT2D eigenvalue weighted by Crippen LogP contribution is -2.64. The minimum absolute atomic E-state index is 0.0260. The van der Waals surface area contributed by atoms with Crippen LogP contribution in [0.4, 0.5) is 0 Å². The predicted octanol–water partition coefficient (Wildman–Crippen LogP) is 1.32. The number of piperidine rings is 4. The molecule has 0 saturated carbocycles. The third-order valence-corrected chi connectivity index (χ3v) is 6.03. The molecule has 4 rings (SSSR count). The average Bonchev–Trinajstić information content (AvgIpc) is 2.40. The van der Waals surface area contributed by atoms with Gasteiger partial charge < -0.3 is 5.11 Å². The van der Waals surface area contributed by atoms with Crippen LogP contribution >= 0.6 is 0 Å². The Morgan fingerprint density at radius 3 is 2.44 bits per heavy atom. The number of aliphatic hydroxyl groups excluding tert-OH is 1. The lowest BCUT2D eigenvalue weighted by molar-refractivity contribution is -0.0900. The van der Waals surface area contributed by atoms with Crippen LogP contribution in [0.3, 0.4) is 0 Å². The van der Waals surface area contributed by atoms with Gasteiger partial charge in [0.15, 0.2) is 0 Å². The van der Waals surface area contributed by atoms with E-state index in [2.05, 4.69) is 9.80 Å². The van der Waals surface area contributed by atoms with E-state index >= 15 is 0 Å². The Morgan fingerprint density at radius 2 is 1.56 bits per heavy atom. The highest BCUT2D eigenvalue weighted by molar-refractivity contribution is 5.01. The third kappa shape index (κ3) is 1.83. The number of rotatable bonds is 0. The molecule has 5 atom stereocenters. The zero-order chi connectivity index (χ0) is 12.1. The molecule has 3 heteroatoms. The van der Waals surface area contributed by atoms with Gasteiger partial charge in [-0.25, -0.2) is 0 Å². The molecule has 0 radical (unpaired) electrons. The zero-order valence-electron chi connectivity index (χ0n) is 11.3. The van der Waals surface area contributed by atoms with E-state index in [0.29, 0.717) is 6.04 Å². The van der Waals surface area contributed by atoms with Crippen LogP contribution in [0.2, 0.25) is 0 Å². The van der Waals surface area contributed by atoms with Crippen molar-refractivity contribution < 1.29 is 5.11 Å². The second kappa shape index (κ2) is 4.46. The molecule has 4 heterocycles. The molecule has 1 N–H and O–H groups in total. The summed E-state index contributed by atoms with van der Waals surface area (Å²) in [7, 11) is 0. The van der Waals surface area contributed by atoms with Crippen molar-refractivity contribution in [2.75, 3.05) is 26.2 Å². The fraction of sp³-hybridized carbons (Fsp3) is 1.00. The molecule has 0 amide bonds. The summed E-state index contributed by atoms with van der Waals surface area (Å²) in [5, 5.41) is 9.94. The van der Waals surface area contributed by atoms with Crippen molar-refractivity contribution in [2.45, 2.75) is 56.7 Å². The van der Waals surface area contributed by atoms with Crippen molar-refractivity contribution in [2.24, 2.45) is 11.8 Å². The van der Waals surface area contributed by atoms with Crippen LogP contribution in [-0.4, -0.2) is 59.3 Å². The van der Waals surface area contributed by atoms with E-state index in [-0.39, 0.29) is 6.10 Å². The van der Waals surface area contributed by atoms with Crippen molar-refractivity contribution in [3.63, 3.8) is 0 Å². The minimum Gasteiger partial charge on any atom is -0.393 e. The molecular weight excluding hydrogens is 224 g/mol. The van der Waals surface area contributed by atoms with E-state index < -0.39 is 0 Å². The van der Waals surface area contributed by atoms with Gasteiger partial charge >= 0.3 is 0 Å². The first-order valence-electron chi connectivity index (χ1n) is 7.97. The molecule has 102 valence electrons. The van der Waals surface area contributed by atoms with Crippen LogP contribution in [0.5, 0.6) is 0 Å². The van der Waals surface area contributed by atoms with Gasteiger partial charge in [-0.15, -0.1) is 0 Å². The Bertz CT molecular complexity index is 322. The number of hydrogen-bond acceptors (Lipinski definition) is 3. The van der Waals surface area contributed by atoms with Gasteiger partial charge in [-0.3, -0.25) is 9.80 Å². The van der Waals surface area contributed by atoms with E-state index in [0.717, 1.165) is 37.3 Å². The molecule has 0 aliphatic carbocycles. The Kier molecular flexibility index (Phi) is 2.90. The summed E-state index contributed by atoms with van der Waals surface area (Å²) in [5.41, 5.74) is 0. The average molecular weight is 250 g/mol. The molecule has 0 unspecified atom stereocenters. The summed E-state index contributed by atoms with van der Waals surface area (Å²) < 4.78 is 0. The normalized spacial score (nSPS) is 49.5. The second-order valence-electron chi connectivity index (χ2n) is 7.05. The van der Waals surface area contributed by atoms with Crippen molar-refractivity contribution in [3.8, 4) is 0 Å². The Balaban J connectivity index is 1.55. The summed E-state index contributed by atoms with van der Waals surface area (Å²) in [6.07, 6.45) is 7.76. The summed E-state index contributed by atoms with van der Waals surface area (Å²) in [5.74, 6) is 1.77. The van der Waals surface area contributed by atoms with Gasteiger partial charge in [-0.05, 0) is 50.5 Å². The molecule has 4 fully saturated rings. The van der Waals surface area contributed by atoms with Gasteiger partial charge in [-0.2, -0.15) is 0 Å². The first-order valence-corrected chi connectivity index (χ1v) is 7.97. The van der Waals surface area contributed by atoms with Gasteiger partial charge in [0.05, 0.1) is 6.10 Å². The van der Waals surface area contributed by atoms with Gasteiger partial charge in [0, 0.05) is 31.7 Å². The van der Waals surface area contributed by atoms with Crippen LogP contribution in [0, 0.1) is 11.8 Å². The lowest BCUT2D eigenvalue weighted by atomic mass is 9.70. The van der Waals surface area contributed by atoms with Crippen molar-refractivity contribution in [1.29, 1.82) is 0 Å². The van der Waals surface area contributed by atoms with Gasteiger partial charge in [-0.1, -0.05) is 6.42 Å². The van der Waals surface area contributed by atoms with Crippen molar-refractivity contribution in [1.82, 2.24) is 9.80 Å². The minimum atomic E-state index is -0.0260. The molecule has 0 aromatic carbocycles. The maximum atomic E-state index is 9.94. The second-order valence-corrected chi connectivity index (χ2v) is 7.05. The molecule has 3 nitrogen and oxygen atoms in total. The fourth-order valence-corrected chi connectivity index (χ4v) is 5.22. The third-order valence-electron chi connectivity index (χ3n) is 6.03. The highest BCUT2D eigenvalue weighted by Gasteiger charge is 2.47. The number of fused-ring (bicyclic) bond motifs is 6. The molecule has 0 aromatic heterocycles. The monoisotopic (exact) mass is 250 g/mol. The maximum absolute atomic E-state index is 9.94. The van der Waals surface area contributed by atoms with Crippen molar-refractivity contribution >= 4 is 0 Å². The van der Waals surface area contributed by atoms with Crippen molar-refractivity contribution in [3.05, 3.63) is 0 Å². The van der Waals surface area contributed by atoms with E-state index in [4.69, 9.17) is 0 Å². The molecule has 0 spiro atoms. The smallest absolute Gasteiger partial charge is 0.0567 e. The molecular formula is C15H26N2O. The first-order chi connectivity index (χ1) is 8.81. The lowest BCUT2D eigenvalue weighted by Gasteiger charge is -2.57. The summed E-state index contributed by atoms with van der Waals surface area (Å²) in [6, 6.07) is 1.58. The highest BCUT2D eigenvalue weighted by atomic mass is 16.3. The Labute approximate surface area is 110 Å². The first kappa shape index (κ1) is 11.7. The maximum Gasteiger partial charge on any atom is 0.0567 e. The number of aliphatic hydroxyl groups is 1. The largest absolute Gasteiger partial charge is 0.393 e. The Morgan fingerprint density at radius 1 is 0.778 bits per heavy atom. The van der Waals surface area contributed by atoms with Gasteiger partial charge in [0.2, 0.25) is 0 Å². The quantitative estimate of drug-likeness (QED) is 0.702. The topological polar surface area (TPSA) is 26.7 Å². The predicted molar refractivity (Wildman–Crippen MR) is 71.4 cm³/mol. The van der Waals surface area contributed by atoms with Crippen LogP contribution in [0.1, 0.15) is 38.5 Å². The molecule has 0 aromatic rings. The van der Waals surface area contributed by atoms with E-state index in [1.165, 1.54) is 45.3 Å². The highest BCUT2D eigenvalue weighted by Crippen LogP contribution is 2.42. The zero-order valence-corrected chi connectivity index (χ0v) is 11.3. The molecule has 2 bridgehead atoms. The number of hydrogen-bond donors (Lipinski definition) is 1. The number of nitrogens with zero attached hydrogens (tertiary/aromatic N) is 2. The van der Waals surface area contributed by atoms with E-state index in [1.807, 2.05) is 0 Å². The molecule has 4 aliphatic heterocycles. The molecule has 4 aliphatic rings. The van der Waals surface area contributed by atoms with E-state index in [9.17, 15) is 5.11 Å². The van der Waals surface area contributed by atoms with Gasteiger partial charge in [0.1, 0.15) is 0 Å². The standard InChI is InChI=1S/C15H26N2O/c18-13-4-6-17-9-11-7-12(15(17)8-13)10-16-5-2-1-3-14(11)16/h11-15,18H,1-10H2/t11-,12-,13-,14-,15-/m1/s1. The van der Waals surface area contributed by atoms with Crippen LogP contribution < -0.4 is 0 Å². The SMILES string of the molecule is O[C@@H]1CCN2C[C@H]3C[C@H](CN4CCCC[C@H]34)[C@H]2C1. The summed E-state index contributed by atoms with van der Waals surface area (Å²) in [4.78, 5) is 5.51. The Hall–Kier alpha value is -0.120. The van der Waals surface area contributed by atoms with E-state index in [1.54, 1.807) is 0 Å². The molecule has 18 heavy (non-hydrogen) atoms. The fourth-order valence-electron chi connectivity index (χ4n) is 5.22. The molecule has 4 saturated heterocycles. The van der Waals surface area contributed by atoms with Gasteiger partial charge in [0.25, 0.3) is 0 Å².